The summed E-state index contributed by atoms with van der Waals surface area (Å²) in [6.07, 6.45) is 3.52. The maximum atomic E-state index is 12.3. The number of carbonyl (C=O) groups excluding carboxylic acids is 2. The third-order valence-electron chi connectivity index (χ3n) is 4.57. The number of likely N-dealkylation sites (tertiary alicyclic amines) is 1. The zero-order valence-electron chi connectivity index (χ0n) is 15.2. The van der Waals surface area contributed by atoms with Gasteiger partial charge in [-0.2, -0.15) is 0 Å². The van der Waals surface area contributed by atoms with E-state index in [4.69, 9.17) is 4.74 Å². The molecule has 2 bridgehead atoms. The maximum Gasteiger partial charge on any atom is 0.410 e. The van der Waals surface area contributed by atoms with E-state index in [1.165, 1.54) is 7.11 Å². The largest absolute Gasteiger partial charge is 0.464 e. The highest BCUT2D eigenvalue weighted by Crippen LogP contribution is 2.35. The van der Waals surface area contributed by atoms with Crippen LogP contribution in [0.25, 0.3) is 0 Å². The number of pyridine rings is 1. The number of ether oxygens (including phenoxy) is 2. The minimum Gasteiger partial charge on any atom is -0.464 e. The summed E-state index contributed by atoms with van der Waals surface area (Å²) < 4.78 is 10.2. The van der Waals surface area contributed by atoms with E-state index in [0.29, 0.717) is 18.8 Å². The van der Waals surface area contributed by atoms with Gasteiger partial charge in [0.2, 0.25) is 0 Å². The van der Waals surface area contributed by atoms with Crippen LogP contribution in [0.4, 0.5) is 10.5 Å². The Morgan fingerprint density at radius 3 is 2.28 bits per heavy atom. The zero-order chi connectivity index (χ0) is 18.2. The van der Waals surface area contributed by atoms with Gasteiger partial charge in [0, 0.05) is 25.2 Å². The number of methoxy groups -OCH3 is 1. The summed E-state index contributed by atoms with van der Waals surface area (Å²) in [6, 6.07) is 4.07. The van der Waals surface area contributed by atoms with Crippen molar-refractivity contribution in [2.45, 2.75) is 51.3 Å². The Hall–Kier alpha value is -2.31. The molecule has 2 aliphatic rings. The van der Waals surface area contributed by atoms with Gasteiger partial charge in [0.1, 0.15) is 11.3 Å². The third-order valence-corrected chi connectivity index (χ3v) is 4.57. The lowest BCUT2D eigenvalue weighted by molar-refractivity contribution is 0.0209. The van der Waals surface area contributed by atoms with E-state index in [0.717, 1.165) is 18.5 Å². The molecule has 3 heterocycles. The monoisotopic (exact) mass is 347 g/mol. The van der Waals surface area contributed by atoms with Crippen LogP contribution in [0.2, 0.25) is 0 Å². The van der Waals surface area contributed by atoms with Crippen molar-refractivity contribution in [1.29, 1.82) is 0 Å². The summed E-state index contributed by atoms with van der Waals surface area (Å²) in [5, 5.41) is 0. The number of amides is 1. The van der Waals surface area contributed by atoms with Crippen LogP contribution in [0.15, 0.2) is 18.3 Å². The van der Waals surface area contributed by atoms with Crippen molar-refractivity contribution in [1.82, 2.24) is 9.88 Å². The molecule has 3 rings (SSSR count). The fourth-order valence-electron chi connectivity index (χ4n) is 3.56. The summed E-state index contributed by atoms with van der Waals surface area (Å²) in [5.41, 5.74) is 0.788. The molecule has 136 valence electrons. The zero-order valence-corrected chi connectivity index (χ0v) is 15.2. The van der Waals surface area contributed by atoms with Gasteiger partial charge >= 0.3 is 12.1 Å². The molecule has 2 atom stereocenters. The second-order valence-corrected chi connectivity index (χ2v) is 7.57. The number of esters is 1. The Kier molecular flexibility index (Phi) is 4.58. The molecule has 2 fully saturated rings. The molecule has 0 N–H and O–H groups in total. The van der Waals surface area contributed by atoms with E-state index in [1.54, 1.807) is 17.2 Å². The summed E-state index contributed by atoms with van der Waals surface area (Å²) in [5.74, 6) is -0.440. The van der Waals surface area contributed by atoms with E-state index in [9.17, 15) is 9.59 Å². The van der Waals surface area contributed by atoms with Gasteiger partial charge < -0.3 is 19.3 Å². The Morgan fingerprint density at radius 1 is 1.16 bits per heavy atom. The van der Waals surface area contributed by atoms with Crippen LogP contribution in [-0.2, 0) is 9.47 Å². The van der Waals surface area contributed by atoms with Crippen molar-refractivity contribution >= 4 is 17.7 Å². The molecule has 2 unspecified atom stereocenters. The van der Waals surface area contributed by atoms with Crippen LogP contribution in [0, 0.1) is 0 Å². The van der Waals surface area contributed by atoms with Gasteiger partial charge in [0.15, 0.2) is 0 Å². The van der Waals surface area contributed by atoms with Crippen LogP contribution >= 0.6 is 0 Å². The summed E-state index contributed by atoms with van der Waals surface area (Å²) in [6.45, 7) is 6.92. The molecule has 2 aliphatic heterocycles. The lowest BCUT2D eigenvalue weighted by Gasteiger charge is -2.42. The van der Waals surface area contributed by atoms with Crippen molar-refractivity contribution in [3.8, 4) is 0 Å². The fraction of sp³-hybridized carbons (Fsp3) is 0.611. The first kappa shape index (κ1) is 17.5. The standard InChI is InChI=1S/C18H25N3O4/c1-18(2,3)25-17(23)20-10-13-5-6-14(11-20)21(13)12-7-8-15(19-9-12)16(22)24-4/h7-9,13-14H,5-6,10-11H2,1-4H3. The first-order chi connectivity index (χ1) is 11.8. The quantitative estimate of drug-likeness (QED) is 0.765. The SMILES string of the molecule is COC(=O)c1ccc(N2C3CCC2CN(C(=O)OC(C)(C)C)C3)cn1. The number of piperazine rings is 1. The first-order valence-electron chi connectivity index (χ1n) is 8.59. The van der Waals surface area contributed by atoms with Crippen LogP contribution in [0.5, 0.6) is 0 Å². The smallest absolute Gasteiger partial charge is 0.410 e. The number of aromatic nitrogens is 1. The highest BCUT2D eigenvalue weighted by atomic mass is 16.6. The van der Waals surface area contributed by atoms with Gasteiger partial charge in [-0.15, -0.1) is 0 Å². The van der Waals surface area contributed by atoms with Gasteiger partial charge in [-0.05, 0) is 45.7 Å². The Labute approximate surface area is 147 Å². The predicted octanol–water partition coefficient (Wildman–Crippen LogP) is 2.46. The Morgan fingerprint density at radius 2 is 1.80 bits per heavy atom. The van der Waals surface area contributed by atoms with E-state index in [1.807, 2.05) is 26.8 Å². The van der Waals surface area contributed by atoms with Gasteiger partial charge in [-0.3, -0.25) is 0 Å². The number of hydrogen-bond acceptors (Lipinski definition) is 6. The molecule has 1 aromatic heterocycles. The molecular formula is C18H25N3O4. The summed E-state index contributed by atoms with van der Waals surface area (Å²) >= 11 is 0. The summed E-state index contributed by atoms with van der Waals surface area (Å²) in [7, 11) is 1.34. The third kappa shape index (κ3) is 3.70. The molecule has 7 heteroatoms. The maximum absolute atomic E-state index is 12.3. The second-order valence-electron chi connectivity index (χ2n) is 7.57. The van der Waals surface area contributed by atoms with Crippen molar-refractivity contribution < 1.29 is 19.1 Å². The van der Waals surface area contributed by atoms with E-state index in [-0.39, 0.29) is 18.2 Å². The van der Waals surface area contributed by atoms with Gasteiger partial charge in [-0.1, -0.05) is 0 Å². The lowest BCUT2D eigenvalue weighted by Crippen LogP contribution is -2.56. The predicted molar refractivity (Wildman–Crippen MR) is 92.7 cm³/mol. The molecule has 2 saturated heterocycles. The molecule has 7 nitrogen and oxygen atoms in total. The second kappa shape index (κ2) is 6.54. The highest BCUT2D eigenvalue weighted by Gasteiger charge is 2.42. The van der Waals surface area contributed by atoms with Gasteiger partial charge in [0.25, 0.3) is 0 Å². The van der Waals surface area contributed by atoms with Crippen molar-refractivity contribution in [3.05, 3.63) is 24.0 Å². The highest BCUT2D eigenvalue weighted by molar-refractivity contribution is 5.87. The summed E-state index contributed by atoms with van der Waals surface area (Å²) in [4.78, 5) is 32.2. The molecule has 0 aliphatic carbocycles. The van der Waals surface area contributed by atoms with E-state index in [2.05, 4.69) is 14.6 Å². The van der Waals surface area contributed by atoms with Crippen LogP contribution in [-0.4, -0.2) is 59.8 Å². The Bertz CT molecular complexity index is 639. The number of fused-ring (bicyclic) bond motifs is 2. The minimum absolute atomic E-state index is 0.247. The average Bonchev–Trinajstić information content (AvgIpc) is 2.82. The molecule has 25 heavy (non-hydrogen) atoms. The van der Waals surface area contributed by atoms with Crippen LogP contribution in [0.1, 0.15) is 44.1 Å². The molecule has 0 saturated carbocycles. The van der Waals surface area contributed by atoms with E-state index < -0.39 is 11.6 Å². The van der Waals surface area contributed by atoms with Gasteiger partial charge in [0.05, 0.1) is 19.0 Å². The molecule has 0 aromatic carbocycles. The van der Waals surface area contributed by atoms with Crippen molar-refractivity contribution in [2.24, 2.45) is 0 Å². The average molecular weight is 347 g/mol. The molecular weight excluding hydrogens is 322 g/mol. The number of hydrogen-bond donors (Lipinski definition) is 0. The number of anilines is 1. The minimum atomic E-state index is -0.485. The normalized spacial score (nSPS) is 22.7. The number of carbonyl (C=O) groups is 2. The Balaban J connectivity index is 1.70. The molecule has 0 spiro atoms. The van der Waals surface area contributed by atoms with Gasteiger partial charge in [-0.25, -0.2) is 14.6 Å². The molecule has 1 aromatic rings. The number of rotatable bonds is 2. The first-order valence-corrected chi connectivity index (χ1v) is 8.59. The van der Waals surface area contributed by atoms with Crippen LogP contribution < -0.4 is 4.90 Å². The topological polar surface area (TPSA) is 72.0 Å². The van der Waals surface area contributed by atoms with Crippen LogP contribution in [0.3, 0.4) is 0 Å². The molecule has 0 radical (unpaired) electrons. The molecule has 1 amide bonds. The van der Waals surface area contributed by atoms with Crippen molar-refractivity contribution in [3.63, 3.8) is 0 Å². The fourth-order valence-corrected chi connectivity index (χ4v) is 3.56. The lowest BCUT2D eigenvalue weighted by atomic mass is 10.1. The van der Waals surface area contributed by atoms with Crippen molar-refractivity contribution in [2.75, 3.05) is 25.1 Å². The van der Waals surface area contributed by atoms with E-state index >= 15 is 0 Å². The number of nitrogens with zero attached hydrogens (tertiary/aromatic N) is 3.